The molecule has 0 spiro atoms. The summed E-state index contributed by atoms with van der Waals surface area (Å²) in [5.41, 5.74) is 0. The number of rotatable bonds is 4. The van der Waals surface area contributed by atoms with E-state index < -0.39 is 11.1 Å². The maximum atomic E-state index is 10.2. The van der Waals surface area contributed by atoms with Gasteiger partial charge in [0.25, 0.3) is 0 Å². The Hall–Kier alpha value is -0.150. The Labute approximate surface area is 58.3 Å². The van der Waals surface area contributed by atoms with Gasteiger partial charge in [0.1, 0.15) is 0 Å². The van der Waals surface area contributed by atoms with E-state index in [4.69, 9.17) is 0 Å². The Balaban J connectivity index is 3.37. The molecule has 0 fully saturated rings. The molecule has 0 amide bonds. The van der Waals surface area contributed by atoms with E-state index in [0.29, 0.717) is 6.42 Å². The van der Waals surface area contributed by atoms with Crippen molar-refractivity contribution >= 4 is 11.1 Å². The molecule has 0 radical (unpaired) electrons. The average Bonchev–Trinajstić information content (AvgIpc) is 1.82. The first-order chi connectivity index (χ1) is 4.18. The molecule has 0 aromatic rings. The summed E-state index contributed by atoms with van der Waals surface area (Å²) in [6.07, 6.45) is 3.18. The van der Waals surface area contributed by atoms with Crippen molar-refractivity contribution in [1.82, 2.24) is 0 Å². The molecular weight excluding hydrogens is 136 g/mol. The van der Waals surface area contributed by atoms with Gasteiger partial charge in [-0.15, -0.1) is 6.58 Å². The van der Waals surface area contributed by atoms with Gasteiger partial charge in [0.2, 0.25) is 0 Å². The van der Waals surface area contributed by atoms with Gasteiger partial charge in [-0.2, -0.15) is 0 Å². The van der Waals surface area contributed by atoms with Crippen molar-refractivity contribution in [2.45, 2.75) is 25.0 Å². The van der Waals surface area contributed by atoms with Crippen LogP contribution in [0.5, 0.6) is 0 Å². The molecule has 9 heavy (non-hydrogen) atoms. The molecule has 0 saturated heterocycles. The maximum Gasteiger partial charge on any atom is 0.0190 e. The van der Waals surface area contributed by atoms with Crippen LogP contribution in [0.2, 0.25) is 0 Å². The summed E-state index contributed by atoms with van der Waals surface area (Å²) in [7, 11) is 0. The molecule has 0 saturated carbocycles. The van der Waals surface area contributed by atoms with E-state index in [2.05, 4.69) is 6.58 Å². The van der Waals surface area contributed by atoms with Gasteiger partial charge in [-0.3, -0.25) is 4.21 Å². The monoisotopic (exact) mass is 147 g/mol. The number of hydrogen-bond donors (Lipinski definition) is 0. The van der Waals surface area contributed by atoms with Crippen LogP contribution < -0.4 is 0 Å². The summed E-state index contributed by atoms with van der Waals surface area (Å²) in [6.45, 7) is 5.18. The predicted molar refractivity (Wildman–Crippen MR) is 37.8 cm³/mol. The average molecular weight is 147 g/mol. The van der Waals surface area contributed by atoms with Crippen LogP contribution in [0.25, 0.3) is 0 Å². The van der Waals surface area contributed by atoms with Gasteiger partial charge in [-0.25, -0.2) is 0 Å². The Kier molecular flexibility index (Phi) is 4.62. The minimum absolute atomic E-state index is 0.233. The second kappa shape index (κ2) is 4.70. The molecular formula is C6H11O2S-. The molecule has 0 aromatic heterocycles. The molecule has 0 aliphatic heterocycles. The highest BCUT2D eigenvalue weighted by Gasteiger charge is 1.97. The van der Waals surface area contributed by atoms with Crippen molar-refractivity contribution in [3.05, 3.63) is 12.7 Å². The van der Waals surface area contributed by atoms with Crippen molar-refractivity contribution in [1.29, 1.82) is 0 Å². The lowest BCUT2D eigenvalue weighted by molar-refractivity contribution is 0.521. The van der Waals surface area contributed by atoms with Crippen LogP contribution in [0.1, 0.15) is 19.8 Å². The summed E-state index contributed by atoms with van der Waals surface area (Å²) in [4.78, 5) is 0. The fourth-order valence-electron chi connectivity index (χ4n) is 0.449. The molecule has 2 unspecified atom stereocenters. The SMILES string of the molecule is C=CCCC(C)S(=O)[O-]. The van der Waals surface area contributed by atoms with Crippen LogP contribution in [0.15, 0.2) is 12.7 Å². The normalized spacial score (nSPS) is 16.7. The zero-order valence-electron chi connectivity index (χ0n) is 5.50. The van der Waals surface area contributed by atoms with Crippen LogP contribution in [-0.4, -0.2) is 14.0 Å². The zero-order valence-corrected chi connectivity index (χ0v) is 6.32. The van der Waals surface area contributed by atoms with Gasteiger partial charge in [0.15, 0.2) is 0 Å². The zero-order chi connectivity index (χ0) is 7.28. The van der Waals surface area contributed by atoms with Crippen LogP contribution in [0, 0.1) is 0 Å². The Bertz CT molecular complexity index is 112. The molecule has 2 atom stereocenters. The lowest BCUT2D eigenvalue weighted by atomic mass is 10.2. The van der Waals surface area contributed by atoms with Crippen LogP contribution in [0.4, 0.5) is 0 Å². The highest BCUT2D eigenvalue weighted by molar-refractivity contribution is 7.79. The van der Waals surface area contributed by atoms with E-state index in [1.54, 1.807) is 13.0 Å². The first-order valence-electron chi connectivity index (χ1n) is 2.87. The fourth-order valence-corrected chi connectivity index (χ4v) is 0.777. The Morgan fingerprint density at radius 1 is 1.89 bits per heavy atom. The van der Waals surface area contributed by atoms with Crippen molar-refractivity contribution in [3.63, 3.8) is 0 Å². The van der Waals surface area contributed by atoms with Gasteiger partial charge < -0.3 is 4.55 Å². The summed E-state index contributed by atoms with van der Waals surface area (Å²) >= 11 is -1.91. The van der Waals surface area contributed by atoms with Gasteiger partial charge in [-0.1, -0.05) is 24.1 Å². The van der Waals surface area contributed by atoms with E-state index >= 15 is 0 Å². The molecule has 0 rings (SSSR count). The van der Waals surface area contributed by atoms with E-state index in [9.17, 15) is 8.76 Å². The Morgan fingerprint density at radius 3 is 2.78 bits per heavy atom. The molecule has 0 N–H and O–H groups in total. The minimum Gasteiger partial charge on any atom is -0.772 e. The van der Waals surface area contributed by atoms with Crippen LogP contribution in [-0.2, 0) is 11.1 Å². The highest BCUT2D eigenvalue weighted by atomic mass is 32.2. The van der Waals surface area contributed by atoms with Crippen molar-refractivity contribution in [2.24, 2.45) is 0 Å². The molecule has 54 valence electrons. The highest BCUT2D eigenvalue weighted by Crippen LogP contribution is 2.01. The van der Waals surface area contributed by atoms with Gasteiger partial charge in [-0.05, 0) is 12.8 Å². The molecule has 0 aliphatic rings. The van der Waals surface area contributed by atoms with E-state index in [-0.39, 0.29) is 5.25 Å². The van der Waals surface area contributed by atoms with E-state index in [1.807, 2.05) is 0 Å². The van der Waals surface area contributed by atoms with Crippen molar-refractivity contribution in [2.75, 3.05) is 0 Å². The lowest BCUT2D eigenvalue weighted by Gasteiger charge is -2.12. The third-order valence-electron chi connectivity index (χ3n) is 1.11. The van der Waals surface area contributed by atoms with Gasteiger partial charge in [0, 0.05) is 5.25 Å². The topological polar surface area (TPSA) is 40.1 Å². The first kappa shape index (κ1) is 8.85. The second-order valence-corrected chi connectivity index (χ2v) is 3.26. The molecule has 0 aliphatic carbocycles. The number of hydrogen-bond acceptors (Lipinski definition) is 2. The number of allylic oxidation sites excluding steroid dienone is 1. The maximum absolute atomic E-state index is 10.2. The quantitative estimate of drug-likeness (QED) is 0.443. The molecule has 0 bridgehead atoms. The molecule has 0 aromatic carbocycles. The van der Waals surface area contributed by atoms with Crippen LogP contribution >= 0.6 is 0 Å². The van der Waals surface area contributed by atoms with E-state index in [0.717, 1.165) is 6.42 Å². The fraction of sp³-hybridized carbons (Fsp3) is 0.667. The summed E-state index contributed by atoms with van der Waals surface area (Å²) < 4.78 is 20.3. The van der Waals surface area contributed by atoms with Gasteiger partial charge in [0.05, 0.1) is 0 Å². The minimum atomic E-state index is -1.91. The summed E-state index contributed by atoms with van der Waals surface area (Å²) in [6, 6.07) is 0. The van der Waals surface area contributed by atoms with Crippen molar-refractivity contribution in [3.8, 4) is 0 Å². The summed E-state index contributed by atoms with van der Waals surface area (Å²) in [5.74, 6) is 0. The van der Waals surface area contributed by atoms with Gasteiger partial charge >= 0.3 is 0 Å². The third-order valence-corrected chi connectivity index (χ3v) is 2.00. The molecule has 3 heteroatoms. The smallest absolute Gasteiger partial charge is 0.0190 e. The van der Waals surface area contributed by atoms with Crippen LogP contribution in [0.3, 0.4) is 0 Å². The van der Waals surface area contributed by atoms with Crippen molar-refractivity contribution < 1.29 is 8.76 Å². The third kappa shape index (κ3) is 4.36. The largest absolute Gasteiger partial charge is 0.772 e. The predicted octanol–water partition coefficient (Wildman–Crippen LogP) is 1.22. The standard InChI is InChI=1S/C6H12O2S/c1-3-4-5-6(2)9(7)8/h3,6H,1,4-5H2,2H3,(H,7,8)/p-1. The molecule has 2 nitrogen and oxygen atoms in total. The lowest BCUT2D eigenvalue weighted by Crippen LogP contribution is -2.08. The summed E-state index contributed by atoms with van der Waals surface area (Å²) in [5, 5.41) is -0.233. The van der Waals surface area contributed by atoms with E-state index in [1.165, 1.54) is 0 Å². The Morgan fingerprint density at radius 2 is 2.44 bits per heavy atom. The first-order valence-corrected chi connectivity index (χ1v) is 4.01. The molecule has 0 heterocycles. The second-order valence-electron chi connectivity index (χ2n) is 1.94.